The van der Waals surface area contributed by atoms with Crippen molar-refractivity contribution in [3.63, 3.8) is 0 Å². The topological polar surface area (TPSA) is 42.7 Å². The Morgan fingerprint density at radius 1 is 1.29 bits per heavy atom. The average Bonchev–Trinajstić information content (AvgIpc) is 2.86. The standard InChI is InChI=1S/C17H26N4/c1-4-8-19-16(10-14-7-6-9-18-13-14)12-17-11-15(5-2)20-21(17)3/h6-7,9,11,13,16,19H,4-5,8,10,12H2,1-3H3. The number of aryl methyl sites for hydroxylation is 2. The molecule has 0 bridgehead atoms. The third kappa shape index (κ3) is 4.67. The van der Waals surface area contributed by atoms with Gasteiger partial charge in [0.25, 0.3) is 0 Å². The van der Waals surface area contributed by atoms with Crippen molar-refractivity contribution in [1.82, 2.24) is 20.1 Å². The lowest BCUT2D eigenvalue weighted by molar-refractivity contribution is 0.490. The summed E-state index contributed by atoms with van der Waals surface area (Å²) < 4.78 is 2.02. The summed E-state index contributed by atoms with van der Waals surface area (Å²) in [5, 5.41) is 8.20. The summed E-state index contributed by atoms with van der Waals surface area (Å²) in [5.74, 6) is 0. The van der Waals surface area contributed by atoms with Crippen LogP contribution in [0.1, 0.15) is 37.2 Å². The third-order valence-electron chi connectivity index (χ3n) is 3.73. The summed E-state index contributed by atoms with van der Waals surface area (Å²) >= 11 is 0. The van der Waals surface area contributed by atoms with Crippen molar-refractivity contribution in [3.05, 3.63) is 47.5 Å². The molecule has 1 atom stereocenters. The average molecular weight is 286 g/mol. The first-order valence-electron chi connectivity index (χ1n) is 7.87. The van der Waals surface area contributed by atoms with Gasteiger partial charge in [0.15, 0.2) is 0 Å². The lowest BCUT2D eigenvalue weighted by Gasteiger charge is -2.18. The van der Waals surface area contributed by atoms with Crippen LogP contribution in [0.4, 0.5) is 0 Å². The fourth-order valence-corrected chi connectivity index (χ4v) is 2.56. The molecule has 0 fully saturated rings. The van der Waals surface area contributed by atoms with Gasteiger partial charge in [-0.2, -0.15) is 5.10 Å². The van der Waals surface area contributed by atoms with Gasteiger partial charge in [-0.3, -0.25) is 9.67 Å². The summed E-state index contributed by atoms with van der Waals surface area (Å²) in [5.41, 5.74) is 3.75. The Labute approximate surface area is 127 Å². The second-order valence-corrected chi connectivity index (χ2v) is 5.52. The van der Waals surface area contributed by atoms with E-state index in [0.717, 1.165) is 32.2 Å². The largest absolute Gasteiger partial charge is 0.313 e. The minimum atomic E-state index is 0.425. The Hall–Kier alpha value is -1.68. The van der Waals surface area contributed by atoms with Gasteiger partial charge in [0, 0.05) is 37.6 Å². The molecule has 0 aromatic carbocycles. The van der Waals surface area contributed by atoms with Gasteiger partial charge >= 0.3 is 0 Å². The van der Waals surface area contributed by atoms with Gasteiger partial charge in [0.05, 0.1) is 5.69 Å². The van der Waals surface area contributed by atoms with Gasteiger partial charge in [-0.25, -0.2) is 0 Å². The van der Waals surface area contributed by atoms with Crippen LogP contribution in [0.25, 0.3) is 0 Å². The lowest BCUT2D eigenvalue weighted by atomic mass is 10.0. The fourth-order valence-electron chi connectivity index (χ4n) is 2.56. The molecule has 2 heterocycles. The monoisotopic (exact) mass is 286 g/mol. The smallest absolute Gasteiger partial charge is 0.0624 e. The number of aromatic nitrogens is 3. The van der Waals surface area contributed by atoms with E-state index >= 15 is 0 Å². The van der Waals surface area contributed by atoms with Crippen molar-refractivity contribution in [2.24, 2.45) is 7.05 Å². The van der Waals surface area contributed by atoms with Crippen LogP contribution in [-0.4, -0.2) is 27.4 Å². The zero-order chi connectivity index (χ0) is 15.1. The third-order valence-corrected chi connectivity index (χ3v) is 3.73. The molecule has 4 nitrogen and oxygen atoms in total. The molecule has 2 aromatic heterocycles. The number of hydrogen-bond acceptors (Lipinski definition) is 3. The zero-order valence-corrected chi connectivity index (χ0v) is 13.3. The molecule has 0 spiro atoms. The molecule has 21 heavy (non-hydrogen) atoms. The van der Waals surface area contributed by atoms with E-state index in [9.17, 15) is 0 Å². The van der Waals surface area contributed by atoms with E-state index < -0.39 is 0 Å². The van der Waals surface area contributed by atoms with Gasteiger partial charge in [-0.1, -0.05) is 19.9 Å². The summed E-state index contributed by atoms with van der Waals surface area (Å²) in [4.78, 5) is 4.21. The SMILES string of the molecule is CCCNC(Cc1cccnc1)Cc1cc(CC)nn1C. The molecule has 0 saturated carbocycles. The Bertz CT molecular complexity index is 533. The van der Waals surface area contributed by atoms with E-state index in [1.807, 2.05) is 30.2 Å². The van der Waals surface area contributed by atoms with Gasteiger partial charge in [0.2, 0.25) is 0 Å². The first-order chi connectivity index (χ1) is 10.2. The molecule has 0 aliphatic rings. The second-order valence-electron chi connectivity index (χ2n) is 5.52. The van der Waals surface area contributed by atoms with E-state index in [-0.39, 0.29) is 0 Å². The predicted molar refractivity (Wildman–Crippen MR) is 86.3 cm³/mol. The van der Waals surface area contributed by atoms with Gasteiger partial charge < -0.3 is 5.32 Å². The Morgan fingerprint density at radius 2 is 2.14 bits per heavy atom. The summed E-state index contributed by atoms with van der Waals surface area (Å²) in [6.07, 6.45) is 7.92. The van der Waals surface area contributed by atoms with Gasteiger partial charge in [-0.15, -0.1) is 0 Å². The van der Waals surface area contributed by atoms with Crippen molar-refractivity contribution < 1.29 is 0 Å². The van der Waals surface area contributed by atoms with E-state index in [1.54, 1.807) is 0 Å². The van der Waals surface area contributed by atoms with Crippen molar-refractivity contribution in [1.29, 1.82) is 0 Å². The van der Waals surface area contributed by atoms with Crippen molar-refractivity contribution in [3.8, 4) is 0 Å². The molecule has 2 rings (SSSR count). The molecule has 0 aliphatic carbocycles. The highest BCUT2D eigenvalue weighted by atomic mass is 15.3. The molecule has 2 aromatic rings. The molecule has 4 heteroatoms. The second kappa shape index (κ2) is 7.93. The minimum absolute atomic E-state index is 0.425. The normalized spacial score (nSPS) is 12.5. The highest BCUT2D eigenvalue weighted by Crippen LogP contribution is 2.10. The lowest BCUT2D eigenvalue weighted by Crippen LogP contribution is -2.34. The van der Waals surface area contributed by atoms with Crippen LogP contribution in [0, 0.1) is 0 Å². The first kappa shape index (κ1) is 15.7. The summed E-state index contributed by atoms with van der Waals surface area (Å²) in [6.45, 7) is 5.39. The highest BCUT2D eigenvalue weighted by Gasteiger charge is 2.13. The number of rotatable bonds is 8. The maximum absolute atomic E-state index is 4.55. The van der Waals surface area contributed by atoms with Crippen LogP contribution in [0.15, 0.2) is 30.6 Å². The number of pyridine rings is 1. The Morgan fingerprint density at radius 3 is 2.76 bits per heavy atom. The first-order valence-corrected chi connectivity index (χ1v) is 7.87. The summed E-state index contributed by atoms with van der Waals surface area (Å²) in [7, 11) is 2.04. The Kier molecular flexibility index (Phi) is 5.93. The number of hydrogen-bond donors (Lipinski definition) is 1. The molecule has 0 amide bonds. The quantitative estimate of drug-likeness (QED) is 0.811. The molecule has 0 saturated heterocycles. The van der Waals surface area contributed by atoms with Crippen LogP contribution < -0.4 is 5.32 Å². The summed E-state index contributed by atoms with van der Waals surface area (Å²) in [6, 6.07) is 6.80. The Balaban J connectivity index is 2.06. The van der Waals surface area contributed by atoms with Crippen LogP contribution in [0.5, 0.6) is 0 Å². The predicted octanol–water partition coefficient (Wildman–Crippen LogP) is 2.53. The molecular formula is C17H26N4. The van der Waals surface area contributed by atoms with E-state index in [2.05, 4.69) is 41.4 Å². The molecule has 1 unspecified atom stereocenters. The maximum Gasteiger partial charge on any atom is 0.0624 e. The van der Waals surface area contributed by atoms with Crippen LogP contribution >= 0.6 is 0 Å². The van der Waals surface area contributed by atoms with Crippen LogP contribution in [-0.2, 0) is 26.3 Å². The number of nitrogens with zero attached hydrogens (tertiary/aromatic N) is 3. The van der Waals surface area contributed by atoms with Crippen LogP contribution in [0.3, 0.4) is 0 Å². The van der Waals surface area contributed by atoms with Gasteiger partial charge in [0.1, 0.15) is 0 Å². The molecule has 0 aliphatic heterocycles. The van der Waals surface area contributed by atoms with Gasteiger partial charge in [-0.05, 0) is 43.5 Å². The van der Waals surface area contributed by atoms with Crippen LogP contribution in [0.2, 0.25) is 0 Å². The van der Waals surface area contributed by atoms with E-state index in [1.165, 1.54) is 17.0 Å². The van der Waals surface area contributed by atoms with E-state index in [4.69, 9.17) is 0 Å². The van der Waals surface area contributed by atoms with Crippen molar-refractivity contribution in [2.45, 2.75) is 45.6 Å². The highest BCUT2D eigenvalue weighted by molar-refractivity contribution is 5.15. The fraction of sp³-hybridized carbons (Fsp3) is 0.529. The van der Waals surface area contributed by atoms with Crippen molar-refractivity contribution in [2.75, 3.05) is 6.54 Å². The minimum Gasteiger partial charge on any atom is -0.313 e. The maximum atomic E-state index is 4.55. The zero-order valence-electron chi connectivity index (χ0n) is 13.3. The molecule has 1 N–H and O–H groups in total. The van der Waals surface area contributed by atoms with Crippen molar-refractivity contribution >= 4 is 0 Å². The number of nitrogens with one attached hydrogen (secondary N) is 1. The molecular weight excluding hydrogens is 260 g/mol. The van der Waals surface area contributed by atoms with E-state index in [0.29, 0.717) is 6.04 Å². The molecule has 114 valence electrons. The molecule has 0 radical (unpaired) electrons.